The van der Waals surface area contributed by atoms with E-state index in [4.69, 9.17) is 5.11 Å². The molecule has 0 atom stereocenters. The Labute approximate surface area is 158 Å². The number of carboxylic acids is 1. The number of hydrogen-bond acceptors (Lipinski definition) is 3. The van der Waals surface area contributed by atoms with Crippen LogP contribution in [-0.4, -0.2) is 44.9 Å². The average Bonchev–Trinajstić information content (AvgIpc) is 3.01. The maximum Gasteiger partial charge on any atom is 0.416 e. The van der Waals surface area contributed by atoms with E-state index in [-0.39, 0.29) is 11.5 Å². The number of nitrogens with one attached hydrogen (secondary N) is 1. The standard InChI is InChI=1S/C18H19F3N4O3/c1-11-9-15(22-17(28)24-7-5-12(6-8-24)16(26)27)25(23-11)14-4-2-3-13(10-14)18(19,20)21/h2-4,9-10,12H,5-8H2,1H3,(H,22,28)(H,26,27). The minimum absolute atomic E-state index is 0.169. The number of alkyl halides is 3. The lowest BCUT2D eigenvalue weighted by Crippen LogP contribution is -2.42. The van der Waals surface area contributed by atoms with E-state index in [1.807, 2.05) is 0 Å². The van der Waals surface area contributed by atoms with Crippen LogP contribution in [0.15, 0.2) is 30.3 Å². The lowest BCUT2D eigenvalue weighted by atomic mass is 9.97. The number of piperidine rings is 1. The van der Waals surface area contributed by atoms with Crippen LogP contribution in [0, 0.1) is 12.8 Å². The van der Waals surface area contributed by atoms with E-state index in [9.17, 15) is 22.8 Å². The summed E-state index contributed by atoms with van der Waals surface area (Å²) in [6.45, 7) is 2.25. The molecule has 1 aliphatic heterocycles. The number of aromatic nitrogens is 2. The zero-order valence-corrected chi connectivity index (χ0v) is 15.0. The minimum Gasteiger partial charge on any atom is -0.481 e. The first-order valence-electron chi connectivity index (χ1n) is 8.68. The zero-order valence-electron chi connectivity index (χ0n) is 15.0. The number of aryl methyl sites for hydroxylation is 1. The third-order valence-corrected chi connectivity index (χ3v) is 4.62. The molecular formula is C18H19F3N4O3. The lowest BCUT2D eigenvalue weighted by Gasteiger charge is -2.30. The van der Waals surface area contributed by atoms with Crippen molar-refractivity contribution in [2.24, 2.45) is 5.92 Å². The van der Waals surface area contributed by atoms with Gasteiger partial charge in [-0.15, -0.1) is 0 Å². The predicted octanol–water partition coefficient (Wildman–Crippen LogP) is 3.53. The molecular weight excluding hydrogens is 377 g/mol. The fourth-order valence-electron chi connectivity index (χ4n) is 3.12. The Morgan fingerprint density at radius 1 is 1.21 bits per heavy atom. The normalized spacial score (nSPS) is 15.5. The summed E-state index contributed by atoms with van der Waals surface area (Å²) >= 11 is 0. The van der Waals surface area contributed by atoms with E-state index >= 15 is 0 Å². The van der Waals surface area contributed by atoms with E-state index in [1.165, 1.54) is 21.7 Å². The molecule has 2 N–H and O–H groups in total. The summed E-state index contributed by atoms with van der Waals surface area (Å²) in [6, 6.07) is 5.78. The summed E-state index contributed by atoms with van der Waals surface area (Å²) in [5.41, 5.74) is -0.119. The molecule has 1 aromatic carbocycles. The number of amides is 2. The molecule has 7 nitrogen and oxygen atoms in total. The van der Waals surface area contributed by atoms with Crippen molar-refractivity contribution in [2.75, 3.05) is 18.4 Å². The molecule has 2 amide bonds. The maximum atomic E-state index is 13.0. The Bertz CT molecular complexity index is 886. The Hall–Kier alpha value is -3.04. The molecule has 2 heterocycles. The van der Waals surface area contributed by atoms with Crippen LogP contribution < -0.4 is 5.32 Å². The summed E-state index contributed by atoms with van der Waals surface area (Å²) in [5.74, 6) is -1.11. The lowest BCUT2D eigenvalue weighted by molar-refractivity contribution is -0.143. The SMILES string of the molecule is Cc1cc(NC(=O)N2CCC(C(=O)O)CC2)n(-c2cccc(C(F)(F)F)c2)n1. The van der Waals surface area contributed by atoms with E-state index < -0.39 is 29.7 Å². The molecule has 10 heteroatoms. The molecule has 0 radical (unpaired) electrons. The zero-order chi connectivity index (χ0) is 20.5. The maximum absolute atomic E-state index is 13.0. The third-order valence-electron chi connectivity index (χ3n) is 4.62. The van der Waals surface area contributed by atoms with Crippen LogP contribution in [0.4, 0.5) is 23.8 Å². The molecule has 0 bridgehead atoms. The fourth-order valence-corrected chi connectivity index (χ4v) is 3.12. The van der Waals surface area contributed by atoms with Gasteiger partial charge >= 0.3 is 18.2 Å². The van der Waals surface area contributed by atoms with Gasteiger partial charge in [-0.2, -0.15) is 18.3 Å². The van der Waals surface area contributed by atoms with Crippen LogP contribution in [0.5, 0.6) is 0 Å². The van der Waals surface area contributed by atoms with Crippen molar-refractivity contribution in [1.29, 1.82) is 0 Å². The molecule has 0 unspecified atom stereocenters. The van der Waals surface area contributed by atoms with Crippen molar-refractivity contribution in [1.82, 2.24) is 14.7 Å². The van der Waals surface area contributed by atoms with Crippen LogP contribution in [0.1, 0.15) is 24.1 Å². The Kier molecular flexibility index (Phi) is 5.30. The largest absolute Gasteiger partial charge is 0.481 e. The number of carboxylic acid groups (broad SMARTS) is 1. The van der Waals surface area contributed by atoms with Crippen LogP contribution in [0.3, 0.4) is 0 Å². The van der Waals surface area contributed by atoms with Crippen molar-refractivity contribution in [2.45, 2.75) is 25.9 Å². The highest BCUT2D eigenvalue weighted by Gasteiger charge is 2.31. The van der Waals surface area contributed by atoms with Gasteiger partial charge in [0.2, 0.25) is 0 Å². The summed E-state index contributed by atoms with van der Waals surface area (Å²) in [5, 5.41) is 15.9. The topological polar surface area (TPSA) is 87.5 Å². The van der Waals surface area contributed by atoms with Gasteiger partial charge in [-0.3, -0.25) is 10.1 Å². The van der Waals surface area contributed by atoms with Gasteiger partial charge in [0.25, 0.3) is 0 Å². The number of rotatable bonds is 3. The molecule has 3 rings (SSSR count). The van der Waals surface area contributed by atoms with Crippen molar-refractivity contribution in [3.05, 3.63) is 41.6 Å². The molecule has 1 saturated heterocycles. The summed E-state index contributed by atoms with van der Waals surface area (Å²) in [6.07, 6.45) is -3.78. The summed E-state index contributed by atoms with van der Waals surface area (Å²) < 4.78 is 40.2. The molecule has 0 spiro atoms. The van der Waals surface area contributed by atoms with Crippen molar-refractivity contribution < 1.29 is 27.9 Å². The van der Waals surface area contributed by atoms with Crippen molar-refractivity contribution in [3.8, 4) is 5.69 Å². The third kappa shape index (κ3) is 4.26. The van der Waals surface area contributed by atoms with E-state index in [0.717, 1.165) is 12.1 Å². The van der Waals surface area contributed by atoms with E-state index in [1.54, 1.807) is 13.0 Å². The number of nitrogens with zero attached hydrogens (tertiary/aromatic N) is 3. The number of anilines is 1. The van der Waals surface area contributed by atoms with Crippen LogP contribution >= 0.6 is 0 Å². The molecule has 0 saturated carbocycles. The number of likely N-dealkylation sites (tertiary alicyclic amines) is 1. The first kappa shape index (κ1) is 19.7. The van der Waals surface area contributed by atoms with Crippen molar-refractivity contribution in [3.63, 3.8) is 0 Å². The highest BCUT2D eigenvalue weighted by atomic mass is 19.4. The quantitative estimate of drug-likeness (QED) is 0.831. The minimum atomic E-state index is -4.49. The summed E-state index contributed by atoms with van der Waals surface area (Å²) in [7, 11) is 0. The molecule has 0 aliphatic carbocycles. The molecule has 150 valence electrons. The van der Waals surface area contributed by atoms with Gasteiger partial charge in [-0.1, -0.05) is 6.07 Å². The second-order valence-corrected chi connectivity index (χ2v) is 6.66. The smallest absolute Gasteiger partial charge is 0.416 e. The Morgan fingerprint density at radius 3 is 2.50 bits per heavy atom. The predicted molar refractivity (Wildman–Crippen MR) is 94.3 cm³/mol. The highest BCUT2D eigenvalue weighted by Crippen LogP contribution is 2.31. The number of carbonyl (C=O) groups excluding carboxylic acids is 1. The van der Waals surface area contributed by atoms with E-state index in [2.05, 4.69) is 10.4 Å². The van der Waals surface area contributed by atoms with Gasteiger partial charge in [0.05, 0.1) is 22.9 Å². The number of benzene rings is 1. The number of urea groups is 1. The molecule has 2 aromatic rings. The Balaban J connectivity index is 1.78. The van der Waals surface area contributed by atoms with Gasteiger partial charge in [-0.25, -0.2) is 9.48 Å². The van der Waals surface area contributed by atoms with Crippen LogP contribution in [0.25, 0.3) is 5.69 Å². The number of halogens is 3. The molecule has 28 heavy (non-hydrogen) atoms. The second kappa shape index (κ2) is 7.53. The van der Waals surface area contributed by atoms with Gasteiger partial charge in [0.1, 0.15) is 5.82 Å². The number of aliphatic carboxylic acids is 1. The van der Waals surface area contributed by atoms with Crippen LogP contribution in [0.2, 0.25) is 0 Å². The molecule has 1 aromatic heterocycles. The fraction of sp³-hybridized carbons (Fsp3) is 0.389. The average molecular weight is 396 g/mol. The molecule has 1 fully saturated rings. The van der Waals surface area contributed by atoms with E-state index in [0.29, 0.717) is 31.6 Å². The van der Waals surface area contributed by atoms with Gasteiger partial charge in [0.15, 0.2) is 0 Å². The van der Waals surface area contributed by atoms with Crippen molar-refractivity contribution >= 4 is 17.8 Å². The second-order valence-electron chi connectivity index (χ2n) is 6.66. The van der Waals surface area contributed by atoms with Gasteiger partial charge in [-0.05, 0) is 38.0 Å². The monoisotopic (exact) mass is 396 g/mol. The number of hydrogen-bond donors (Lipinski definition) is 2. The highest BCUT2D eigenvalue weighted by molar-refractivity contribution is 5.89. The molecule has 1 aliphatic rings. The Morgan fingerprint density at radius 2 is 1.89 bits per heavy atom. The van der Waals surface area contributed by atoms with Gasteiger partial charge < -0.3 is 10.0 Å². The van der Waals surface area contributed by atoms with Crippen LogP contribution in [-0.2, 0) is 11.0 Å². The summed E-state index contributed by atoms with van der Waals surface area (Å²) in [4.78, 5) is 25.0. The van der Waals surface area contributed by atoms with Gasteiger partial charge in [0, 0.05) is 19.2 Å². The number of carbonyl (C=O) groups is 2. The first-order valence-corrected chi connectivity index (χ1v) is 8.68. The first-order chi connectivity index (χ1) is 13.1.